The van der Waals surface area contributed by atoms with Gasteiger partial charge in [-0.15, -0.1) is 0 Å². The van der Waals surface area contributed by atoms with Gasteiger partial charge in [-0.05, 0) is 6.07 Å². The number of rotatable bonds is 9. The van der Waals surface area contributed by atoms with Crippen molar-refractivity contribution in [3.05, 3.63) is 29.8 Å². The molecule has 0 unspecified atom stereocenters. The Kier molecular flexibility index (Phi) is 9.86. The van der Waals surface area contributed by atoms with Crippen molar-refractivity contribution in [2.24, 2.45) is 0 Å². The van der Waals surface area contributed by atoms with Crippen molar-refractivity contribution in [2.45, 2.75) is 64.2 Å². The maximum absolute atomic E-state index is 11.9. The molecule has 1 saturated heterocycles. The molecular formula is C21H25ClO12S. The first kappa shape index (κ1) is 28.3. The van der Waals surface area contributed by atoms with Crippen LogP contribution in [0.25, 0.3) is 0 Å². The highest BCUT2D eigenvalue weighted by molar-refractivity contribution is 8.13. The van der Waals surface area contributed by atoms with Gasteiger partial charge in [0.15, 0.2) is 12.2 Å². The first-order chi connectivity index (χ1) is 16.3. The van der Waals surface area contributed by atoms with Crippen molar-refractivity contribution >= 4 is 43.6 Å². The second-order valence-electron chi connectivity index (χ2n) is 7.48. The summed E-state index contributed by atoms with van der Waals surface area (Å²) in [6.07, 6.45) is -6.96. The summed E-state index contributed by atoms with van der Waals surface area (Å²) in [6, 6.07) is 5.97. The van der Waals surface area contributed by atoms with E-state index in [1.165, 1.54) is 12.1 Å². The van der Waals surface area contributed by atoms with Crippen molar-refractivity contribution in [3.63, 3.8) is 0 Å². The summed E-state index contributed by atoms with van der Waals surface area (Å²) in [5.74, 6) is -3.63. The molecule has 0 radical (unpaired) electrons. The van der Waals surface area contributed by atoms with Gasteiger partial charge < -0.3 is 28.4 Å². The molecule has 0 bridgehead atoms. The van der Waals surface area contributed by atoms with E-state index < -0.39 is 76.0 Å². The highest BCUT2D eigenvalue weighted by Crippen LogP contribution is 2.32. The summed E-state index contributed by atoms with van der Waals surface area (Å²) < 4.78 is 55.8. The van der Waals surface area contributed by atoms with Gasteiger partial charge in [0.25, 0.3) is 0 Å². The van der Waals surface area contributed by atoms with Crippen LogP contribution in [0, 0.1) is 0 Å². The van der Waals surface area contributed by atoms with Gasteiger partial charge >= 0.3 is 23.9 Å². The van der Waals surface area contributed by atoms with Gasteiger partial charge in [-0.2, -0.15) is 0 Å². The van der Waals surface area contributed by atoms with Gasteiger partial charge in [-0.1, -0.05) is 18.2 Å². The van der Waals surface area contributed by atoms with E-state index in [9.17, 15) is 27.6 Å². The molecule has 1 heterocycles. The van der Waals surface area contributed by atoms with Gasteiger partial charge in [0.05, 0.1) is 5.75 Å². The summed E-state index contributed by atoms with van der Waals surface area (Å²) in [7, 11) is 1.41. The summed E-state index contributed by atoms with van der Waals surface area (Å²) in [5, 5.41) is 0. The second kappa shape index (κ2) is 12.2. The van der Waals surface area contributed by atoms with E-state index in [2.05, 4.69) is 0 Å². The first-order valence-corrected chi connectivity index (χ1v) is 12.7. The lowest BCUT2D eigenvalue weighted by Crippen LogP contribution is -2.63. The maximum atomic E-state index is 11.9. The summed E-state index contributed by atoms with van der Waals surface area (Å²) in [6.45, 7) is 3.98. The molecule has 1 aromatic carbocycles. The fraction of sp³-hybridized carbons (Fsp3) is 0.524. The Labute approximate surface area is 206 Å². The van der Waals surface area contributed by atoms with E-state index in [0.717, 1.165) is 27.7 Å². The molecule has 1 fully saturated rings. The van der Waals surface area contributed by atoms with Gasteiger partial charge in [-0.3, -0.25) is 19.2 Å². The lowest BCUT2D eigenvalue weighted by Gasteiger charge is -2.44. The van der Waals surface area contributed by atoms with Crippen LogP contribution >= 0.6 is 10.7 Å². The third kappa shape index (κ3) is 9.00. The molecule has 35 heavy (non-hydrogen) atoms. The molecule has 0 N–H and O–H groups in total. The Hall–Kier alpha value is -2.90. The predicted octanol–water partition coefficient (Wildman–Crippen LogP) is 1.22. The second-order valence-corrected chi connectivity index (χ2v) is 10.3. The molecule has 1 aromatic rings. The predicted molar refractivity (Wildman–Crippen MR) is 118 cm³/mol. The van der Waals surface area contributed by atoms with Crippen LogP contribution < -0.4 is 4.74 Å². The van der Waals surface area contributed by atoms with Crippen LogP contribution in [-0.2, 0) is 57.7 Å². The highest BCUT2D eigenvalue weighted by Gasteiger charge is 2.53. The number of benzene rings is 1. The lowest BCUT2D eigenvalue weighted by atomic mass is 9.98. The molecular weight excluding hydrogens is 512 g/mol. The van der Waals surface area contributed by atoms with Gasteiger partial charge in [0.2, 0.25) is 21.4 Å². The Morgan fingerprint density at radius 2 is 1.40 bits per heavy atom. The zero-order valence-corrected chi connectivity index (χ0v) is 20.9. The third-order valence-corrected chi connectivity index (χ3v) is 5.47. The van der Waals surface area contributed by atoms with Crippen molar-refractivity contribution in [1.29, 1.82) is 0 Å². The van der Waals surface area contributed by atoms with Crippen LogP contribution in [-0.4, -0.2) is 69.6 Å². The van der Waals surface area contributed by atoms with Crippen LogP contribution in [0.1, 0.15) is 33.3 Å². The fourth-order valence-corrected chi connectivity index (χ4v) is 4.30. The monoisotopic (exact) mass is 536 g/mol. The molecule has 194 valence electrons. The molecule has 14 heteroatoms. The first-order valence-electron chi connectivity index (χ1n) is 10.2. The van der Waals surface area contributed by atoms with Gasteiger partial charge in [0.1, 0.15) is 18.5 Å². The lowest BCUT2D eigenvalue weighted by molar-refractivity contribution is -0.288. The van der Waals surface area contributed by atoms with E-state index in [1.807, 2.05) is 0 Å². The smallest absolute Gasteiger partial charge is 0.303 e. The summed E-state index contributed by atoms with van der Waals surface area (Å²) in [5.41, 5.74) is 0.162. The van der Waals surface area contributed by atoms with Crippen LogP contribution in [0.4, 0.5) is 0 Å². The van der Waals surface area contributed by atoms with E-state index in [1.54, 1.807) is 12.1 Å². The fourth-order valence-electron chi connectivity index (χ4n) is 3.33. The van der Waals surface area contributed by atoms with Crippen molar-refractivity contribution in [2.75, 3.05) is 6.61 Å². The molecule has 0 aliphatic carbocycles. The van der Waals surface area contributed by atoms with Crippen LogP contribution in [0.3, 0.4) is 0 Å². The minimum absolute atomic E-state index is 0.0117. The van der Waals surface area contributed by atoms with E-state index in [4.69, 9.17) is 39.1 Å². The molecule has 0 saturated carbocycles. The van der Waals surface area contributed by atoms with Gasteiger partial charge in [-0.25, -0.2) is 8.42 Å². The zero-order chi connectivity index (χ0) is 26.3. The number of ether oxygens (including phenoxy) is 6. The highest BCUT2D eigenvalue weighted by atomic mass is 35.7. The van der Waals surface area contributed by atoms with E-state index in [0.29, 0.717) is 0 Å². The number of hydrogen-bond donors (Lipinski definition) is 0. The van der Waals surface area contributed by atoms with Crippen molar-refractivity contribution < 1.29 is 56.0 Å². The average Bonchev–Trinajstić information content (AvgIpc) is 2.70. The molecule has 0 aromatic heterocycles. The minimum atomic E-state index is -3.97. The molecule has 0 spiro atoms. The maximum Gasteiger partial charge on any atom is 0.303 e. The largest absolute Gasteiger partial charge is 0.463 e. The number of carbonyl (C=O) groups is 4. The molecule has 0 amide bonds. The van der Waals surface area contributed by atoms with Crippen molar-refractivity contribution in [3.8, 4) is 5.75 Å². The normalized spacial score (nSPS) is 24.1. The number of carbonyl (C=O) groups excluding carboxylic acids is 4. The molecule has 2 rings (SSSR count). The molecule has 1 aliphatic rings. The zero-order valence-electron chi connectivity index (χ0n) is 19.3. The number of halogens is 1. The summed E-state index contributed by atoms with van der Waals surface area (Å²) in [4.78, 5) is 46.9. The van der Waals surface area contributed by atoms with Crippen LogP contribution in [0.5, 0.6) is 5.75 Å². The topological polar surface area (TPSA) is 158 Å². The van der Waals surface area contributed by atoms with E-state index >= 15 is 0 Å². The summed E-state index contributed by atoms with van der Waals surface area (Å²) >= 11 is 0. The van der Waals surface area contributed by atoms with Gasteiger partial charge in [0, 0.05) is 43.9 Å². The molecule has 12 nitrogen and oxygen atoms in total. The Balaban J connectivity index is 2.52. The number of para-hydroxylation sites is 1. The minimum Gasteiger partial charge on any atom is -0.463 e. The third-order valence-electron chi connectivity index (χ3n) is 4.49. The Morgan fingerprint density at radius 1 is 0.857 bits per heavy atom. The Morgan fingerprint density at radius 3 is 1.94 bits per heavy atom. The number of hydrogen-bond acceptors (Lipinski definition) is 12. The quantitative estimate of drug-likeness (QED) is 0.253. The van der Waals surface area contributed by atoms with Crippen molar-refractivity contribution in [1.82, 2.24) is 0 Å². The van der Waals surface area contributed by atoms with Crippen LogP contribution in [0.15, 0.2) is 24.3 Å². The SMILES string of the molecule is CC(=O)OC[C@H]1O[C@@H](Oc2ccccc2CS(=O)(=O)Cl)[C@H](OC(C)=O)[C@@H](OC(C)=O)[C@H]1OC(C)=O. The van der Waals surface area contributed by atoms with E-state index in [-0.39, 0.29) is 11.3 Å². The molecule has 5 atom stereocenters. The number of esters is 4. The average molecular weight is 537 g/mol. The Bertz CT molecular complexity index is 1060. The van der Waals surface area contributed by atoms with Crippen LogP contribution in [0.2, 0.25) is 0 Å². The molecule has 1 aliphatic heterocycles. The standard InChI is InChI=1S/C21H25ClO12S/c1-11(23)29-9-17-18(30-12(2)24)19(31-13(3)25)20(32-14(4)26)21(34-17)33-16-8-6-5-7-15(16)10-35(22,27)28/h5-8,17-21H,9-10H2,1-4H3/t17-,18+,19+,20-,21-/m1/s1.